The maximum atomic E-state index is 12.4. The number of ether oxygens (including phenoxy) is 1. The number of anilines is 2. The molecule has 2 aromatic rings. The van der Waals surface area contributed by atoms with Gasteiger partial charge in [-0.3, -0.25) is 4.79 Å². The Morgan fingerprint density at radius 3 is 2.46 bits per heavy atom. The molecule has 0 radical (unpaired) electrons. The molecule has 2 aromatic carbocycles. The molecule has 1 saturated heterocycles. The highest BCUT2D eigenvalue weighted by Gasteiger charge is 2.18. The van der Waals surface area contributed by atoms with Crippen molar-refractivity contribution in [3.05, 3.63) is 54.1 Å². The molecule has 1 amide bonds. The Morgan fingerprint density at radius 1 is 1.14 bits per heavy atom. The fraction of sp³-hybridized carbons (Fsp3) is 0.364. The van der Waals surface area contributed by atoms with Gasteiger partial charge in [-0.15, -0.1) is 0 Å². The van der Waals surface area contributed by atoms with Gasteiger partial charge < -0.3 is 19.9 Å². The molecule has 28 heavy (non-hydrogen) atoms. The lowest BCUT2D eigenvalue weighted by atomic mass is 10.2. The van der Waals surface area contributed by atoms with E-state index in [0.29, 0.717) is 11.3 Å². The third kappa shape index (κ3) is 4.81. The minimum Gasteiger partial charge on any atom is -0.480 e. The van der Waals surface area contributed by atoms with E-state index < -0.39 is 6.10 Å². The summed E-state index contributed by atoms with van der Waals surface area (Å²) < 4.78 is 5.66. The number of amides is 1. The summed E-state index contributed by atoms with van der Waals surface area (Å²) in [4.78, 5) is 17.2. The Balaban J connectivity index is 1.56. The highest BCUT2D eigenvalue weighted by Crippen LogP contribution is 2.21. The number of hydrogen-bond acceptors (Lipinski definition) is 5. The molecule has 6 nitrogen and oxygen atoms in total. The number of hydrogen-bond donors (Lipinski definition) is 1. The maximum Gasteiger partial charge on any atom is 0.265 e. The zero-order chi connectivity index (χ0) is 19.9. The largest absolute Gasteiger partial charge is 0.480 e. The van der Waals surface area contributed by atoms with Gasteiger partial charge in [0.2, 0.25) is 0 Å². The van der Waals surface area contributed by atoms with E-state index in [1.54, 1.807) is 31.2 Å². The Morgan fingerprint density at radius 2 is 1.82 bits per heavy atom. The van der Waals surface area contributed by atoms with Crippen LogP contribution in [0.5, 0.6) is 5.75 Å². The Labute approximate surface area is 166 Å². The fourth-order valence-electron chi connectivity index (χ4n) is 3.23. The Kier molecular flexibility index (Phi) is 6.51. The first-order chi connectivity index (χ1) is 13.6. The number of para-hydroxylation sites is 1. The van der Waals surface area contributed by atoms with Crippen molar-refractivity contribution in [3.63, 3.8) is 0 Å². The summed E-state index contributed by atoms with van der Waals surface area (Å²) in [7, 11) is 0. The van der Waals surface area contributed by atoms with Crippen LogP contribution in [-0.4, -0.2) is 49.6 Å². The van der Waals surface area contributed by atoms with Gasteiger partial charge in [-0.05, 0) is 49.9 Å². The lowest BCUT2D eigenvalue weighted by molar-refractivity contribution is -0.122. The molecule has 146 valence electrons. The average molecular weight is 378 g/mol. The van der Waals surface area contributed by atoms with Crippen LogP contribution in [0.25, 0.3) is 0 Å². The summed E-state index contributed by atoms with van der Waals surface area (Å²) in [6.07, 6.45) is -0.712. The van der Waals surface area contributed by atoms with Crippen LogP contribution in [0.3, 0.4) is 0 Å². The van der Waals surface area contributed by atoms with Crippen molar-refractivity contribution in [1.82, 2.24) is 4.90 Å². The van der Waals surface area contributed by atoms with Crippen molar-refractivity contribution in [3.8, 4) is 11.8 Å². The van der Waals surface area contributed by atoms with E-state index in [-0.39, 0.29) is 5.91 Å². The predicted octanol–water partition coefficient (Wildman–Crippen LogP) is 3.11. The minimum atomic E-state index is -0.712. The van der Waals surface area contributed by atoms with Crippen LogP contribution in [0.15, 0.2) is 48.5 Å². The summed E-state index contributed by atoms with van der Waals surface area (Å²) in [5.74, 6) is 0.159. The van der Waals surface area contributed by atoms with Crippen LogP contribution in [0.2, 0.25) is 0 Å². The first-order valence-corrected chi connectivity index (χ1v) is 9.64. The van der Waals surface area contributed by atoms with Gasteiger partial charge >= 0.3 is 0 Å². The van der Waals surface area contributed by atoms with Gasteiger partial charge in [-0.1, -0.05) is 19.1 Å². The number of carbonyl (C=O) groups is 1. The second kappa shape index (κ2) is 9.25. The van der Waals surface area contributed by atoms with E-state index in [9.17, 15) is 4.79 Å². The van der Waals surface area contributed by atoms with Gasteiger partial charge in [-0.25, -0.2) is 0 Å². The number of benzene rings is 2. The highest BCUT2D eigenvalue weighted by atomic mass is 16.5. The highest BCUT2D eigenvalue weighted by molar-refractivity contribution is 5.94. The maximum absolute atomic E-state index is 12.4. The van der Waals surface area contributed by atoms with Gasteiger partial charge in [0.05, 0.1) is 5.56 Å². The Bertz CT molecular complexity index is 836. The molecule has 0 aliphatic carbocycles. The van der Waals surface area contributed by atoms with Crippen molar-refractivity contribution in [1.29, 1.82) is 5.26 Å². The lowest BCUT2D eigenvalue weighted by Gasteiger charge is -2.35. The zero-order valence-electron chi connectivity index (χ0n) is 16.4. The molecular weight excluding hydrogens is 352 g/mol. The third-order valence-corrected chi connectivity index (χ3v) is 5.00. The van der Waals surface area contributed by atoms with Gasteiger partial charge in [0.15, 0.2) is 6.10 Å². The molecule has 0 spiro atoms. The number of rotatable bonds is 6. The SMILES string of the molecule is CCN1CCN(c2ccc(NC(=O)C(C)Oc3ccccc3C#N)cc2)CC1. The van der Waals surface area contributed by atoms with Crippen LogP contribution in [-0.2, 0) is 4.79 Å². The monoisotopic (exact) mass is 378 g/mol. The summed E-state index contributed by atoms with van der Waals surface area (Å²) in [6, 6.07) is 16.9. The molecule has 1 unspecified atom stereocenters. The first kappa shape index (κ1) is 19.7. The number of nitriles is 1. The quantitative estimate of drug-likeness (QED) is 0.836. The molecule has 1 atom stereocenters. The van der Waals surface area contributed by atoms with Crippen LogP contribution in [0.1, 0.15) is 19.4 Å². The molecule has 1 aliphatic heterocycles. The normalized spacial score (nSPS) is 15.5. The molecule has 0 bridgehead atoms. The number of nitrogens with zero attached hydrogens (tertiary/aromatic N) is 3. The number of likely N-dealkylation sites (N-methyl/N-ethyl adjacent to an activating group) is 1. The second-order valence-electron chi connectivity index (χ2n) is 6.83. The zero-order valence-corrected chi connectivity index (χ0v) is 16.4. The molecule has 0 aromatic heterocycles. The molecule has 6 heteroatoms. The predicted molar refractivity (Wildman–Crippen MR) is 111 cm³/mol. The third-order valence-electron chi connectivity index (χ3n) is 5.00. The van der Waals surface area contributed by atoms with Gasteiger partial charge in [0.1, 0.15) is 11.8 Å². The topological polar surface area (TPSA) is 68.6 Å². The van der Waals surface area contributed by atoms with Crippen molar-refractivity contribution < 1.29 is 9.53 Å². The smallest absolute Gasteiger partial charge is 0.265 e. The van der Waals surface area contributed by atoms with Crippen molar-refractivity contribution >= 4 is 17.3 Å². The molecule has 1 aliphatic rings. The van der Waals surface area contributed by atoms with E-state index >= 15 is 0 Å². The number of piperazine rings is 1. The van der Waals surface area contributed by atoms with E-state index in [0.717, 1.165) is 38.4 Å². The van der Waals surface area contributed by atoms with E-state index in [1.807, 2.05) is 24.3 Å². The van der Waals surface area contributed by atoms with Gasteiger partial charge in [-0.2, -0.15) is 5.26 Å². The average Bonchev–Trinajstić information content (AvgIpc) is 2.74. The second-order valence-corrected chi connectivity index (χ2v) is 6.83. The van der Waals surface area contributed by atoms with Crippen LogP contribution < -0.4 is 15.0 Å². The van der Waals surface area contributed by atoms with E-state index in [2.05, 4.69) is 28.1 Å². The van der Waals surface area contributed by atoms with Gasteiger partial charge in [0, 0.05) is 37.6 Å². The standard InChI is InChI=1S/C22H26N4O2/c1-3-25-12-14-26(15-13-25)20-10-8-19(9-11-20)24-22(27)17(2)28-21-7-5-4-6-18(21)16-23/h4-11,17H,3,12-15H2,1-2H3,(H,24,27). The van der Waals surface area contributed by atoms with Crippen LogP contribution >= 0.6 is 0 Å². The summed E-state index contributed by atoms with van der Waals surface area (Å²) in [6.45, 7) is 9.15. The van der Waals surface area contributed by atoms with Crippen LogP contribution in [0.4, 0.5) is 11.4 Å². The molecule has 3 rings (SSSR count). The van der Waals surface area contributed by atoms with Crippen molar-refractivity contribution in [2.45, 2.75) is 20.0 Å². The van der Waals surface area contributed by atoms with E-state index in [1.165, 1.54) is 5.69 Å². The summed E-state index contributed by atoms with van der Waals surface area (Å²) >= 11 is 0. The summed E-state index contributed by atoms with van der Waals surface area (Å²) in [5.41, 5.74) is 2.31. The summed E-state index contributed by atoms with van der Waals surface area (Å²) in [5, 5.41) is 12.0. The molecule has 1 heterocycles. The minimum absolute atomic E-state index is 0.253. The van der Waals surface area contributed by atoms with E-state index in [4.69, 9.17) is 10.00 Å². The lowest BCUT2D eigenvalue weighted by Crippen LogP contribution is -2.46. The first-order valence-electron chi connectivity index (χ1n) is 9.64. The number of nitrogens with one attached hydrogen (secondary N) is 1. The van der Waals surface area contributed by atoms with Crippen molar-refractivity contribution in [2.24, 2.45) is 0 Å². The Hall–Kier alpha value is -3.04. The number of carbonyl (C=O) groups excluding carboxylic acids is 1. The molecule has 0 saturated carbocycles. The van der Waals surface area contributed by atoms with Crippen LogP contribution in [0, 0.1) is 11.3 Å². The molecule has 1 fully saturated rings. The molecular formula is C22H26N4O2. The van der Waals surface area contributed by atoms with Gasteiger partial charge in [0.25, 0.3) is 5.91 Å². The van der Waals surface area contributed by atoms with Crippen molar-refractivity contribution in [2.75, 3.05) is 42.9 Å². The fourth-order valence-corrected chi connectivity index (χ4v) is 3.23. The molecule has 1 N–H and O–H groups in total.